The van der Waals surface area contributed by atoms with Crippen molar-refractivity contribution in [2.24, 2.45) is 0 Å². The van der Waals surface area contributed by atoms with Crippen LogP contribution in [0.3, 0.4) is 0 Å². The fourth-order valence-electron chi connectivity index (χ4n) is 2.23. The molecule has 0 amide bonds. The summed E-state index contributed by atoms with van der Waals surface area (Å²) in [6.45, 7) is 3.13. The van der Waals surface area contributed by atoms with E-state index in [4.69, 9.17) is 4.74 Å². The van der Waals surface area contributed by atoms with Crippen LogP contribution in [0.25, 0.3) is 0 Å². The molecule has 0 bridgehead atoms. The van der Waals surface area contributed by atoms with Gasteiger partial charge in [-0.2, -0.15) is 0 Å². The van der Waals surface area contributed by atoms with Crippen molar-refractivity contribution in [3.8, 4) is 5.75 Å². The highest BCUT2D eigenvalue weighted by atomic mass is 19.1. The van der Waals surface area contributed by atoms with Crippen LogP contribution in [0.1, 0.15) is 26.2 Å². The van der Waals surface area contributed by atoms with Crippen molar-refractivity contribution in [2.75, 3.05) is 6.54 Å². The van der Waals surface area contributed by atoms with Crippen molar-refractivity contribution < 1.29 is 9.13 Å². The molecular weight excluding hydrogens is 205 g/mol. The van der Waals surface area contributed by atoms with Gasteiger partial charge in [0.15, 0.2) is 0 Å². The Morgan fingerprint density at radius 1 is 1.31 bits per heavy atom. The van der Waals surface area contributed by atoms with Crippen molar-refractivity contribution in [3.63, 3.8) is 0 Å². The molecule has 2 nitrogen and oxygen atoms in total. The maximum Gasteiger partial charge on any atom is 0.123 e. The Hall–Kier alpha value is -1.09. The molecule has 1 N–H and O–H groups in total. The summed E-state index contributed by atoms with van der Waals surface area (Å²) < 4.78 is 18.5. The van der Waals surface area contributed by atoms with Crippen LogP contribution >= 0.6 is 0 Å². The lowest BCUT2D eigenvalue weighted by Crippen LogP contribution is -2.27. The van der Waals surface area contributed by atoms with Gasteiger partial charge < -0.3 is 10.1 Å². The van der Waals surface area contributed by atoms with Crippen LogP contribution < -0.4 is 10.1 Å². The number of rotatable bonds is 4. The summed E-state index contributed by atoms with van der Waals surface area (Å²) in [4.78, 5) is 0. The zero-order chi connectivity index (χ0) is 11.4. The number of ether oxygens (including phenoxy) is 1. The van der Waals surface area contributed by atoms with E-state index in [1.54, 1.807) is 12.1 Å². The van der Waals surface area contributed by atoms with Gasteiger partial charge in [0.1, 0.15) is 17.7 Å². The van der Waals surface area contributed by atoms with E-state index in [1.165, 1.54) is 18.6 Å². The molecule has 1 aliphatic carbocycles. The van der Waals surface area contributed by atoms with Crippen molar-refractivity contribution >= 4 is 0 Å². The lowest BCUT2D eigenvalue weighted by Gasteiger charge is -2.14. The van der Waals surface area contributed by atoms with Gasteiger partial charge in [-0.1, -0.05) is 6.92 Å². The molecule has 0 heterocycles. The SMILES string of the molecule is CCNC1CCC(Oc2ccc(F)cc2)C1. The van der Waals surface area contributed by atoms with Gasteiger partial charge in [-0.25, -0.2) is 4.39 Å². The third-order valence-electron chi connectivity index (χ3n) is 2.99. The second-order valence-electron chi connectivity index (χ2n) is 4.26. The normalized spacial score (nSPS) is 24.6. The first-order chi connectivity index (χ1) is 7.78. The lowest BCUT2D eigenvalue weighted by atomic mass is 10.2. The number of hydrogen-bond acceptors (Lipinski definition) is 2. The van der Waals surface area contributed by atoms with Gasteiger partial charge in [-0.3, -0.25) is 0 Å². The van der Waals surface area contributed by atoms with Gasteiger partial charge in [0.2, 0.25) is 0 Å². The molecule has 16 heavy (non-hydrogen) atoms. The number of halogens is 1. The standard InChI is InChI=1S/C13H18FNO/c1-2-15-11-5-8-13(9-11)16-12-6-3-10(14)4-7-12/h3-4,6-7,11,13,15H,2,5,8-9H2,1H3. The molecule has 0 radical (unpaired) electrons. The molecule has 1 saturated carbocycles. The molecule has 0 aliphatic heterocycles. The maximum absolute atomic E-state index is 12.7. The van der Waals surface area contributed by atoms with Crippen LogP contribution in [0.4, 0.5) is 4.39 Å². The highest BCUT2D eigenvalue weighted by molar-refractivity contribution is 5.22. The zero-order valence-electron chi connectivity index (χ0n) is 9.58. The van der Waals surface area contributed by atoms with E-state index in [-0.39, 0.29) is 11.9 Å². The van der Waals surface area contributed by atoms with E-state index in [0.717, 1.165) is 25.1 Å². The Morgan fingerprint density at radius 3 is 2.75 bits per heavy atom. The van der Waals surface area contributed by atoms with E-state index in [1.807, 2.05) is 0 Å². The summed E-state index contributed by atoms with van der Waals surface area (Å²) in [7, 11) is 0. The molecule has 0 saturated heterocycles. The van der Waals surface area contributed by atoms with Crippen molar-refractivity contribution in [1.29, 1.82) is 0 Å². The number of benzene rings is 1. The Labute approximate surface area is 95.8 Å². The van der Waals surface area contributed by atoms with Gasteiger partial charge in [0.05, 0.1) is 0 Å². The minimum atomic E-state index is -0.218. The van der Waals surface area contributed by atoms with Gasteiger partial charge in [0, 0.05) is 6.04 Å². The third-order valence-corrected chi connectivity index (χ3v) is 2.99. The van der Waals surface area contributed by atoms with Crippen LogP contribution in [0.2, 0.25) is 0 Å². The molecular formula is C13H18FNO. The first-order valence-corrected chi connectivity index (χ1v) is 5.93. The van der Waals surface area contributed by atoms with Gasteiger partial charge in [-0.05, 0) is 50.1 Å². The van der Waals surface area contributed by atoms with Crippen LogP contribution in [-0.4, -0.2) is 18.7 Å². The highest BCUT2D eigenvalue weighted by Crippen LogP contribution is 2.24. The summed E-state index contributed by atoms with van der Waals surface area (Å²) in [5, 5.41) is 3.43. The predicted molar refractivity (Wildman–Crippen MR) is 62.1 cm³/mol. The van der Waals surface area contributed by atoms with E-state index >= 15 is 0 Å². The predicted octanol–water partition coefficient (Wildman–Crippen LogP) is 2.74. The summed E-state index contributed by atoms with van der Waals surface area (Å²) in [6.07, 6.45) is 3.56. The molecule has 1 aromatic rings. The van der Waals surface area contributed by atoms with Crippen LogP contribution in [-0.2, 0) is 0 Å². The Morgan fingerprint density at radius 2 is 2.06 bits per heavy atom. The minimum Gasteiger partial charge on any atom is -0.490 e. The maximum atomic E-state index is 12.7. The summed E-state index contributed by atoms with van der Waals surface area (Å²) in [5.74, 6) is 0.549. The molecule has 1 fully saturated rings. The smallest absolute Gasteiger partial charge is 0.123 e. The monoisotopic (exact) mass is 223 g/mol. The minimum absolute atomic E-state index is 0.218. The Balaban J connectivity index is 1.84. The van der Waals surface area contributed by atoms with E-state index < -0.39 is 0 Å². The molecule has 2 atom stereocenters. The topological polar surface area (TPSA) is 21.3 Å². The Kier molecular flexibility index (Phi) is 3.78. The molecule has 0 aromatic heterocycles. The Bertz CT molecular complexity index is 325. The number of nitrogens with one attached hydrogen (secondary N) is 1. The number of hydrogen-bond donors (Lipinski definition) is 1. The van der Waals surface area contributed by atoms with Gasteiger partial charge in [-0.15, -0.1) is 0 Å². The first kappa shape index (κ1) is 11.4. The van der Waals surface area contributed by atoms with Crippen LogP contribution in [0.5, 0.6) is 5.75 Å². The molecule has 1 aromatic carbocycles. The average molecular weight is 223 g/mol. The fraction of sp³-hybridized carbons (Fsp3) is 0.538. The molecule has 2 unspecified atom stereocenters. The largest absolute Gasteiger partial charge is 0.490 e. The van der Waals surface area contributed by atoms with E-state index in [2.05, 4.69) is 12.2 Å². The zero-order valence-corrected chi connectivity index (χ0v) is 9.58. The van der Waals surface area contributed by atoms with Crippen LogP contribution in [0, 0.1) is 5.82 Å². The van der Waals surface area contributed by atoms with Gasteiger partial charge in [0.25, 0.3) is 0 Å². The van der Waals surface area contributed by atoms with E-state index in [0.29, 0.717) is 6.04 Å². The van der Waals surface area contributed by atoms with Crippen molar-refractivity contribution in [1.82, 2.24) is 5.32 Å². The summed E-state index contributed by atoms with van der Waals surface area (Å²) in [6, 6.07) is 6.83. The highest BCUT2D eigenvalue weighted by Gasteiger charge is 2.25. The quantitative estimate of drug-likeness (QED) is 0.847. The van der Waals surface area contributed by atoms with Gasteiger partial charge >= 0.3 is 0 Å². The lowest BCUT2D eigenvalue weighted by molar-refractivity contribution is 0.206. The molecule has 0 spiro atoms. The first-order valence-electron chi connectivity index (χ1n) is 5.93. The summed E-state index contributed by atoms with van der Waals surface area (Å²) >= 11 is 0. The third kappa shape index (κ3) is 2.95. The molecule has 1 aliphatic rings. The molecule has 88 valence electrons. The fourth-order valence-corrected chi connectivity index (χ4v) is 2.23. The average Bonchev–Trinajstić information content (AvgIpc) is 2.70. The summed E-state index contributed by atoms with van der Waals surface area (Å²) in [5.41, 5.74) is 0. The van der Waals surface area contributed by atoms with Crippen molar-refractivity contribution in [2.45, 2.75) is 38.3 Å². The van der Waals surface area contributed by atoms with Crippen molar-refractivity contribution in [3.05, 3.63) is 30.1 Å². The van der Waals surface area contributed by atoms with E-state index in [9.17, 15) is 4.39 Å². The molecule has 2 rings (SSSR count). The second-order valence-corrected chi connectivity index (χ2v) is 4.26. The van der Waals surface area contributed by atoms with Crippen LogP contribution in [0.15, 0.2) is 24.3 Å². The molecule has 3 heteroatoms. The second kappa shape index (κ2) is 5.30.